The molecule has 0 radical (unpaired) electrons. The van der Waals surface area contributed by atoms with Gasteiger partial charge in [-0.05, 0) is 36.6 Å². The summed E-state index contributed by atoms with van der Waals surface area (Å²) >= 11 is 0. The van der Waals surface area contributed by atoms with Crippen LogP contribution in [0.15, 0.2) is 36.7 Å². The van der Waals surface area contributed by atoms with Crippen LogP contribution < -0.4 is 5.32 Å². The molecule has 0 bridgehead atoms. The number of aliphatic hydroxyl groups is 1. The first-order chi connectivity index (χ1) is 9.60. The minimum Gasteiger partial charge on any atom is -0.396 e. The number of hydrogen-bond acceptors (Lipinski definition) is 3. The van der Waals surface area contributed by atoms with Crippen LogP contribution in [0.1, 0.15) is 31.0 Å². The monoisotopic (exact) mass is 273 g/mol. The van der Waals surface area contributed by atoms with Gasteiger partial charge < -0.3 is 10.4 Å². The van der Waals surface area contributed by atoms with Gasteiger partial charge in [0, 0.05) is 19.7 Å². The van der Waals surface area contributed by atoms with Crippen molar-refractivity contribution < 1.29 is 9.90 Å². The van der Waals surface area contributed by atoms with E-state index in [1.165, 1.54) is 6.92 Å². The van der Waals surface area contributed by atoms with Crippen LogP contribution in [0.3, 0.4) is 0 Å². The number of benzene rings is 1. The molecule has 0 spiro atoms. The second-order valence-corrected chi connectivity index (χ2v) is 4.78. The summed E-state index contributed by atoms with van der Waals surface area (Å²) in [6, 6.07) is 7.86. The van der Waals surface area contributed by atoms with Gasteiger partial charge in [-0.1, -0.05) is 12.1 Å². The van der Waals surface area contributed by atoms with Gasteiger partial charge >= 0.3 is 0 Å². The number of carbonyl (C=O) groups excluding carboxylic acids is 1. The molecule has 0 unspecified atom stereocenters. The molecule has 5 nitrogen and oxygen atoms in total. The molecule has 0 fully saturated rings. The maximum Gasteiger partial charge on any atom is 0.217 e. The average Bonchev–Trinajstić information content (AvgIpc) is 2.87. The van der Waals surface area contributed by atoms with E-state index in [4.69, 9.17) is 5.11 Å². The van der Waals surface area contributed by atoms with Crippen molar-refractivity contribution >= 4 is 5.91 Å². The molecule has 1 heterocycles. The summed E-state index contributed by atoms with van der Waals surface area (Å²) in [5, 5.41) is 16.0. The number of carbonyl (C=O) groups is 1. The molecule has 2 rings (SSSR count). The van der Waals surface area contributed by atoms with Gasteiger partial charge in [-0.15, -0.1) is 0 Å². The van der Waals surface area contributed by atoms with E-state index in [1.54, 1.807) is 10.9 Å². The third kappa shape index (κ3) is 3.45. The van der Waals surface area contributed by atoms with Crippen molar-refractivity contribution in [3.63, 3.8) is 0 Å². The maximum absolute atomic E-state index is 11.0. The molecule has 1 aromatic carbocycles. The van der Waals surface area contributed by atoms with Crippen LogP contribution in [0.2, 0.25) is 0 Å². The molecule has 1 atom stereocenters. The van der Waals surface area contributed by atoms with Gasteiger partial charge in [0.05, 0.1) is 17.9 Å². The van der Waals surface area contributed by atoms with Crippen molar-refractivity contribution in [2.45, 2.75) is 26.3 Å². The number of aromatic nitrogens is 2. The van der Waals surface area contributed by atoms with E-state index in [9.17, 15) is 4.79 Å². The molecular formula is C15H19N3O2. The summed E-state index contributed by atoms with van der Waals surface area (Å²) in [5.74, 6) is -0.0395. The van der Waals surface area contributed by atoms with Crippen LogP contribution in [0.25, 0.3) is 5.69 Å². The molecule has 20 heavy (non-hydrogen) atoms. The Morgan fingerprint density at radius 1 is 1.40 bits per heavy atom. The lowest BCUT2D eigenvalue weighted by atomic mass is 10.1. The summed E-state index contributed by atoms with van der Waals surface area (Å²) in [5.41, 5.74) is 3.00. The number of hydrogen-bond donors (Lipinski definition) is 2. The molecule has 5 heteroatoms. The second kappa shape index (κ2) is 6.34. The summed E-state index contributed by atoms with van der Waals surface area (Å²) < 4.78 is 1.78. The zero-order chi connectivity index (χ0) is 14.5. The normalized spacial score (nSPS) is 12.2. The third-order valence-corrected chi connectivity index (χ3v) is 3.11. The molecule has 0 saturated carbocycles. The largest absolute Gasteiger partial charge is 0.396 e. The van der Waals surface area contributed by atoms with Gasteiger partial charge in [0.1, 0.15) is 0 Å². The van der Waals surface area contributed by atoms with Crippen LogP contribution >= 0.6 is 0 Å². The number of nitrogens with zero attached hydrogens (tertiary/aromatic N) is 2. The zero-order valence-corrected chi connectivity index (χ0v) is 11.7. The maximum atomic E-state index is 11.0. The van der Waals surface area contributed by atoms with Crippen LogP contribution in [0.5, 0.6) is 0 Å². The summed E-state index contributed by atoms with van der Waals surface area (Å²) in [4.78, 5) is 11.0. The van der Waals surface area contributed by atoms with Gasteiger partial charge in [-0.25, -0.2) is 4.68 Å². The average molecular weight is 273 g/mol. The molecule has 1 amide bonds. The van der Waals surface area contributed by atoms with Crippen molar-refractivity contribution in [1.82, 2.24) is 15.1 Å². The molecule has 106 valence electrons. The van der Waals surface area contributed by atoms with Crippen LogP contribution in [0, 0.1) is 0 Å². The van der Waals surface area contributed by atoms with Crippen molar-refractivity contribution in [2.75, 3.05) is 6.61 Å². The fourth-order valence-electron chi connectivity index (χ4n) is 2.06. The standard InChI is InChI=1S/C15H19N3O2/c1-11(17-12(2)20)14-3-5-15(6-4-14)18-10-13(7-8-19)9-16-18/h3-6,9-11,19H,7-8H2,1-2H3,(H,17,20)/t11-/m0/s1. The predicted molar refractivity (Wildman–Crippen MR) is 76.6 cm³/mol. The first kappa shape index (κ1) is 14.3. The van der Waals surface area contributed by atoms with E-state index < -0.39 is 0 Å². The van der Waals surface area contributed by atoms with E-state index >= 15 is 0 Å². The molecule has 0 aliphatic rings. The first-order valence-corrected chi connectivity index (χ1v) is 6.62. The summed E-state index contributed by atoms with van der Waals surface area (Å²) in [7, 11) is 0. The molecular weight excluding hydrogens is 254 g/mol. The van der Waals surface area contributed by atoms with Gasteiger partial charge in [-0.2, -0.15) is 5.10 Å². The van der Waals surface area contributed by atoms with Crippen molar-refractivity contribution in [1.29, 1.82) is 0 Å². The van der Waals surface area contributed by atoms with Crippen molar-refractivity contribution in [3.05, 3.63) is 47.8 Å². The van der Waals surface area contributed by atoms with Gasteiger partial charge in [0.25, 0.3) is 0 Å². The van der Waals surface area contributed by atoms with Gasteiger partial charge in [-0.3, -0.25) is 4.79 Å². The first-order valence-electron chi connectivity index (χ1n) is 6.62. The predicted octanol–water partition coefficient (Wildman–Crippen LogP) is 1.60. The van der Waals surface area contributed by atoms with E-state index in [0.29, 0.717) is 6.42 Å². The van der Waals surface area contributed by atoms with Crippen molar-refractivity contribution in [2.24, 2.45) is 0 Å². The Labute approximate surface area is 118 Å². The fourth-order valence-corrected chi connectivity index (χ4v) is 2.06. The lowest BCUT2D eigenvalue weighted by Crippen LogP contribution is -2.23. The lowest BCUT2D eigenvalue weighted by Gasteiger charge is -2.13. The Kier molecular flexibility index (Phi) is 4.53. The lowest BCUT2D eigenvalue weighted by molar-refractivity contribution is -0.119. The highest BCUT2D eigenvalue weighted by Gasteiger charge is 2.07. The summed E-state index contributed by atoms with van der Waals surface area (Å²) in [6.07, 6.45) is 4.27. The minimum atomic E-state index is -0.0395. The summed E-state index contributed by atoms with van der Waals surface area (Å²) in [6.45, 7) is 3.58. The number of amides is 1. The Morgan fingerprint density at radius 3 is 2.70 bits per heavy atom. The molecule has 0 aliphatic carbocycles. The Balaban J connectivity index is 2.12. The van der Waals surface area contributed by atoms with Crippen LogP contribution in [-0.2, 0) is 11.2 Å². The molecule has 2 aromatic rings. The highest BCUT2D eigenvalue weighted by Crippen LogP contribution is 2.15. The highest BCUT2D eigenvalue weighted by molar-refractivity contribution is 5.73. The molecule has 0 saturated heterocycles. The number of rotatable bonds is 5. The topological polar surface area (TPSA) is 67.2 Å². The Morgan fingerprint density at radius 2 is 2.10 bits per heavy atom. The van der Waals surface area contributed by atoms with Gasteiger partial charge in [0.2, 0.25) is 5.91 Å². The fraction of sp³-hybridized carbons (Fsp3) is 0.333. The second-order valence-electron chi connectivity index (χ2n) is 4.78. The zero-order valence-electron chi connectivity index (χ0n) is 11.7. The van der Waals surface area contributed by atoms with Gasteiger partial charge in [0.15, 0.2) is 0 Å². The Bertz CT molecular complexity index is 575. The van der Waals surface area contributed by atoms with Crippen molar-refractivity contribution in [3.8, 4) is 5.69 Å². The van der Waals surface area contributed by atoms with E-state index in [-0.39, 0.29) is 18.6 Å². The smallest absolute Gasteiger partial charge is 0.217 e. The highest BCUT2D eigenvalue weighted by atomic mass is 16.3. The molecule has 1 aromatic heterocycles. The van der Waals surface area contributed by atoms with Crippen LogP contribution in [-0.4, -0.2) is 27.4 Å². The third-order valence-electron chi connectivity index (χ3n) is 3.11. The minimum absolute atomic E-state index is 0.0101. The SMILES string of the molecule is CC(=O)N[C@@H](C)c1ccc(-n2cc(CCO)cn2)cc1. The van der Waals surface area contributed by atoms with E-state index in [1.807, 2.05) is 37.4 Å². The Hall–Kier alpha value is -2.14. The van der Waals surface area contributed by atoms with E-state index in [0.717, 1.165) is 16.8 Å². The quantitative estimate of drug-likeness (QED) is 0.869. The molecule has 0 aliphatic heterocycles. The molecule has 2 N–H and O–H groups in total. The van der Waals surface area contributed by atoms with E-state index in [2.05, 4.69) is 10.4 Å². The van der Waals surface area contributed by atoms with Crippen LogP contribution in [0.4, 0.5) is 0 Å². The number of aliphatic hydroxyl groups excluding tert-OH is 1. The number of nitrogens with one attached hydrogen (secondary N) is 1.